The zero-order valence-corrected chi connectivity index (χ0v) is 10.4. The molecule has 5 heteroatoms. The van der Waals surface area contributed by atoms with Crippen molar-refractivity contribution in [2.45, 2.75) is 20.3 Å². The molecular weight excluding hydrogens is 214 g/mol. The molecule has 1 N–H and O–H groups in total. The van der Waals surface area contributed by atoms with Crippen LogP contribution in [-0.4, -0.2) is 26.3 Å². The van der Waals surface area contributed by atoms with Gasteiger partial charge in [-0.25, -0.2) is 9.97 Å². The molecular formula is C12H17N5. The van der Waals surface area contributed by atoms with Gasteiger partial charge in [-0.3, -0.25) is 4.68 Å². The zero-order chi connectivity index (χ0) is 12.3. The Morgan fingerprint density at radius 3 is 2.71 bits per heavy atom. The molecule has 0 spiro atoms. The maximum absolute atomic E-state index is 4.39. The van der Waals surface area contributed by atoms with Crippen molar-refractivity contribution in [3.63, 3.8) is 0 Å². The van der Waals surface area contributed by atoms with E-state index in [0.717, 1.165) is 35.7 Å². The number of hydrogen-bond donors (Lipinski definition) is 1. The molecule has 0 saturated heterocycles. The van der Waals surface area contributed by atoms with Crippen molar-refractivity contribution in [2.24, 2.45) is 7.05 Å². The molecule has 0 unspecified atom stereocenters. The smallest absolute Gasteiger partial charge is 0.133 e. The van der Waals surface area contributed by atoms with Crippen molar-refractivity contribution in [3.8, 4) is 11.4 Å². The van der Waals surface area contributed by atoms with E-state index in [1.807, 2.05) is 19.3 Å². The summed E-state index contributed by atoms with van der Waals surface area (Å²) in [4.78, 5) is 8.62. The lowest BCUT2D eigenvalue weighted by atomic mass is 10.1. The van der Waals surface area contributed by atoms with Crippen LogP contribution in [0.15, 0.2) is 18.6 Å². The van der Waals surface area contributed by atoms with Crippen LogP contribution in [0.25, 0.3) is 11.4 Å². The minimum atomic E-state index is 0.853. The van der Waals surface area contributed by atoms with Crippen LogP contribution in [0.3, 0.4) is 0 Å². The number of nitrogens with one attached hydrogen (secondary N) is 1. The lowest BCUT2D eigenvalue weighted by Crippen LogP contribution is -2.06. The van der Waals surface area contributed by atoms with E-state index < -0.39 is 0 Å². The molecule has 0 saturated carbocycles. The molecule has 90 valence electrons. The Morgan fingerprint density at radius 2 is 2.12 bits per heavy atom. The maximum Gasteiger partial charge on any atom is 0.133 e. The Hall–Kier alpha value is -1.91. The number of aromatic nitrogens is 4. The molecule has 0 amide bonds. The highest BCUT2D eigenvalue weighted by Gasteiger charge is 2.12. The standard InChI is InChI=1S/C12H17N5/c1-4-9-11(10-6-7-17(3)16-10)14-8-15-12(9)13-5-2/h6-8H,4-5H2,1-3H3,(H,13,14,15). The average molecular weight is 231 g/mol. The quantitative estimate of drug-likeness (QED) is 0.872. The van der Waals surface area contributed by atoms with Crippen molar-refractivity contribution in [1.29, 1.82) is 0 Å². The predicted octanol–water partition coefficient (Wildman–Crippen LogP) is 1.87. The second-order valence-electron chi connectivity index (χ2n) is 3.81. The first-order valence-corrected chi connectivity index (χ1v) is 5.84. The molecule has 2 rings (SSSR count). The summed E-state index contributed by atoms with van der Waals surface area (Å²) in [7, 11) is 1.90. The van der Waals surface area contributed by atoms with Crippen molar-refractivity contribution in [2.75, 3.05) is 11.9 Å². The SMILES string of the molecule is CCNc1ncnc(-c2ccn(C)n2)c1CC. The zero-order valence-electron chi connectivity index (χ0n) is 10.4. The second-order valence-corrected chi connectivity index (χ2v) is 3.81. The molecule has 0 aromatic carbocycles. The molecule has 2 aromatic heterocycles. The molecule has 0 aliphatic rings. The van der Waals surface area contributed by atoms with Gasteiger partial charge in [0.05, 0.1) is 5.69 Å². The largest absolute Gasteiger partial charge is 0.370 e. The van der Waals surface area contributed by atoms with E-state index in [0.29, 0.717) is 0 Å². The lowest BCUT2D eigenvalue weighted by Gasteiger charge is -2.10. The maximum atomic E-state index is 4.39. The van der Waals surface area contributed by atoms with Crippen molar-refractivity contribution < 1.29 is 0 Å². The fourth-order valence-corrected chi connectivity index (χ4v) is 1.83. The van der Waals surface area contributed by atoms with E-state index in [9.17, 15) is 0 Å². The Morgan fingerprint density at radius 1 is 1.29 bits per heavy atom. The topological polar surface area (TPSA) is 55.6 Å². The highest BCUT2D eigenvalue weighted by atomic mass is 15.3. The molecule has 2 aromatic rings. The molecule has 0 radical (unpaired) electrons. The molecule has 0 atom stereocenters. The normalized spacial score (nSPS) is 10.5. The molecule has 0 aliphatic carbocycles. The molecule has 0 aliphatic heterocycles. The first-order valence-electron chi connectivity index (χ1n) is 5.84. The van der Waals surface area contributed by atoms with Crippen LogP contribution in [0.1, 0.15) is 19.4 Å². The van der Waals surface area contributed by atoms with Gasteiger partial charge in [-0.15, -0.1) is 0 Å². The molecule has 17 heavy (non-hydrogen) atoms. The van der Waals surface area contributed by atoms with Crippen molar-refractivity contribution in [3.05, 3.63) is 24.2 Å². The van der Waals surface area contributed by atoms with Gasteiger partial charge in [-0.1, -0.05) is 6.92 Å². The third kappa shape index (κ3) is 2.27. The van der Waals surface area contributed by atoms with Crippen LogP contribution in [0, 0.1) is 0 Å². The summed E-state index contributed by atoms with van der Waals surface area (Å²) >= 11 is 0. The van der Waals surface area contributed by atoms with Gasteiger partial charge in [-0.05, 0) is 19.4 Å². The van der Waals surface area contributed by atoms with E-state index in [2.05, 4.69) is 34.2 Å². The Balaban J connectivity index is 2.49. The summed E-state index contributed by atoms with van der Waals surface area (Å²) in [6.45, 7) is 5.01. The monoisotopic (exact) mass is 231 g/mol. The Labute approximate surface area is 101 Å². The van der Waals surface area contributed by atoms with Gasteiger partial charge in [0.25, 0.3) is 0 Å². The summed E-state index contributed by atoms with van der Waals surface area (Å²) in [5.41, 5.74) is 2.93. The number of aryl methyl sites for hydroxylation is 1. The van der Waals surface area contributed by atoms with Gasteiger partial charge < -0.3 is 5.32 Å². The van der Waals surface area contributed by atoms with E-state index in [1.165, 1.54) is 0 Å². The van der Waals surface area contributed by atoms with Crippen molar-refractivity contribution >= 4 is 5.82 Å². The van der Waals surface area contributed by atoms with Gasteiger partial charge in [-0.2, -0.15) is 5.10 Å². The van der Waals surface area contributed by atoms with Crippen LogP contribution in [0.4, 0.5) is 5.82 Å². The first-order chi connectivity index (χ1) is 8.26. The lowest BCUT2D eigenvalue weighted by molar-refractivity contribution is 0.769. The molecule has 2 heterocycles. The molecule has 0 bridgehead atoms. The van der Waals surface area contributed by atoms with Gasteiger partial charge in [0.15, 0.2) is 0 Å². The summed E-state index contributed by atoms with van der Waals surface area (Å²) in [6, 6.07) is 1.97. The van der Waals surface area contributed by atoms with Crippen molar-refractivity contribution in [1.82, 2.24) is 19.7 Å². The van der Waals surface area contributed by atoms with E-state index in [4.69, 9.17) is 0 Å². The van der Waals surface area contributed by atoms with E-state index in [1.54, 1.807) is 11.0 Å². The van der Waals surface area contributed by atoms with Crippen LogP contribution < -0.4 is 5.32 Å². The summed E-state index contributed by atoms with van der Waals surface area (Å²) in [6.07, 6.45) is 4.39. The number of rotatable bonds is 4. The van der Waals surface area contributed by atoms with Gasteiger partial charge in [0.2, 0.25) is 0 Å². The molecule has 0 fully saturated rings. The fourth-order valence-electron chi connectivity index (χ4n) is 1.83. The third-order valence-electron chi connectivity index (χ3n) is 2.60. The van der Waals surface area contributed by atoms with E-state index >= 15 is 0 Å². The van der Waals surface area contributed by atoms with Crippen LogP contribution >= 0.6 is 0 Å². The van der Waals surface area contributed by atoms with Gasteiger partial charge in [0.1, 0.15) is 17.8 Å². The highest BCUT2D eigenvalue weighted by Crippen LogP contribution is 2.24. The second kappa shape index (κ2) is 4.95. The summed E-state index contributed by atoms with van der Waals surface area (Å²) in [5, 5.41) is 7.65. The minimum Gasteiger partial charge on any atom is -0.370 e. The minimum absolute atomic E-state index is 0.853. The van der Waals surface area contributed by atoms with Gasteiger partial charge in [0, 0.05) is 25.4 Å². The van der Waals surface area contributed by atoms with Crippen LogP contribution in [-0.2, 0) is 13.5 Å². The van der Waals surface area contributed by atoms with E-state index in [-0.39, 0.29) is 0 Å². The summed E-state index contributed by atoms with van der Waals surface area (Å²) in [5.74, 6) is 0.908. The highest BCUT2D eigenvalue weighted by molar-refractivity contribution is 5.65. The van der Waals surface area contributed by atoms with Crippen LogP contribution in [0.5, 0.6) is 0 Å². The Bertz CT molecular complexity index is 503. The third-order valence-corrected chi connectivity index (χ3v) is 2.60. The fraction of sp³-hybridized carbons (Fsp3) is 0.417. The first kappa shape index (κ1) is 11.6. The molecule has 5 nitrogen and oxygen atoms in total. The van der Waals surface area contributed by atoms with Crippen LogP contribution in [0.2, 0.25) is 0 Å². The number of anilines is 1. The number of hydrogen-bond acceptors (Lipinski definition) is 4. The predicted molar refractivity (Wildman–Crippen MR) is 67.8 cm³/mol. The summed E-state index contributed by atoms with van der Waals surface area (Å²) < 4.78 is 1.78. The Kier molecular flexibility index (Phi) is 3.37. The van der Waals surface area contributed by atoms with Gasteiger partial charge >= 0.3 is 0 Å². The number of nitrogens with zero attached hydrogens (tertiary/aromatic N) is 4. The average Bonchev–Trinajstić information content (AvgIpc) is 2.76.